The normalized spacial score (nSPS) is 23.8. The Kier molecular flexibility index (Phi) is 4.13. The zero-order valence-electron chi connectivity index (χ0n) is 11.3. The molecule has 0 radical (unpaired) electrons. The number of nitrogens with one attached hydrogen (secondary N) is 1. The molecule has 6 heteroatoms. The molecule has 0 amide bonds. The smallest absolute Gasteiger partial charge is 0.242 e. The molecular weight excluding hydrogens is 262 g/mol. The fourth-order valence-electron chi connectivity index (χ4n) is 2.70. The number of hydrogen-bond donors (Lipinski definition) is 2. The van der Waals surface area contributed by atoms with E-state index in [-0.39, 0.29) is 6.04 Å². The Hall–Kier alpha value is -1.11. The van der Waals surface area contributed by atoms with Crippen LogP contribution in [0.3, 0.4) is 0 Å². The fourth-order valence-corrected chi connectivity index (χ4v) is 3.64. The number of nitrogens with two attached hydrogens (primary N) is 1. The van der Waals surface area contributed by atoms with Gasteiger partial charge in [0.05, 0.1) is 5.69 Å². The Bertz CT molecular complexity index is 545. The van der Waals surface area contributed by atoms with Gasteiger partial charge in [-0.2, -0.15) is 0 Å². The first-order valence-electron chi connectivity index (χ1n) is 6.50. The molecule has 2 unspecified atom stereocenters. The van der Waals surface area contributed by atoms with Gasteiger partial charge in [-0.3, -0.25) is 0 Å². The number of hydrogen-bond acceptors (Lipinski definition) is 4. The van der Waals surface area contributed by atoms with Crippen molar-refractivity contribution in [3.63, 3.8) is 0 Å². The third kappa shape index (κ3) is 2.61. The van der Waals surface area contributed by atoms with Gasteiger partial charge in [-0.05, 0) is 31.5 Å². The summed E-state index contributed by atoms with van der Waals surface area (Å²) in [5.74, 6) is 0.482. The van der Waals surface area contributed by atoms with Crippen LogP contribution in [0, 0.1) is 5.92 Å². The second-order valence-corrected chi connectivity index (χ2v) is 6.79. The van der Waals surface area contributed by atoms with Crippen LogP contribution in [-0.4, -0.2) is 34.6 Å². The van der Waals surface area contributed by atoms with E-state index < -0.39 is 10.0 Å². The summed E-state index contributed by atoms with van der Waals surface area (Å²) in [6.07, 6.45) is 1.04. The Morgan fingerprint density at radius 3 is 2.74 bits per heavy atom. The first-order valence-corrected chi connectivity index (χ1v) is 7.99. The Labute approximate surface area is 114 Å². The van der Waals surface area contributed by atoms with E-state index >= 15 is 0 Å². The molecule has 0 aromatic heterocycles. The molecule has 0 spiro atoms. The third-order valence-electron chi connectivity index (χ3n) is 3.86. The largest absolute Gasteiger partial charge is 0.366 e. The first kappa shape index (κ1) is 14.3. The highest BCUT2D eigenvalue weighted by molar-refractivity contribution is 7.89. The minimum atomic E-state index is -3.45. The second kappa shape index (κ2) is 5.48. The fraction of sp³-hybridized carbons (Fsp3) is 0.538. The molecule has 1 aliphatic heterocycles. The van der Waals surface area contributed by atoms with Gasteiger partial charge in [0.2, 0.25) is 10.0 Å². The number of sulfonamides is 1. The summed E-state index contributed by atoms with van der Waals surface area (Å²) in [6, 6.07) is 7.29. The van der Waals surface area contributed by atoms with Crippen LogP contribution >= 0.6 is 0 Å². The SMILES string of the molecule is CNS(=O)(=O)c1ccccc1N1CCC(C)C1CN. The van der Waals surface area contributed by atoms with Gasteiger partial charge in [0.15, 0.2) is 0 Å². The topological polar surface area (TPSA) is 75.4 Å². The highest BCUT2D eigenvalue weighted by Crippen LogP contribution is 2.33. The van der Waals surface area contributed by atoms with Gasteiger partial charge in [0.25, 0.3) is 0 Å². The molecule has 0 aliphatic carbocycles. The number of anilines is 1. The van der Waals surface area contributed by atoms with E-state index in [9.17, 15) is 8.42 Å². The number of nitrogens with zero attached hydrogens (tertiary/aromatic N) is 1. The van der Waals surface area contributed by atoms with Crippen molar-refractivity contribution in [3.05, 3.63) is 24.3 Å². The van der Waals surface area contributed by atoms with Gasteiger partial charge in [0.1, 0.15) is 4.90 Å². The number of rotatable bonds is 4. The quantitative estimate of drug-likeness (QED) is 0.856. The molecule has 1 aliphatic rings. The maximum Gasteiger partial charge on any atom is 0.242 e. The zero-order chi connectivity index (χ0) is 14.0. The van der Waals surface area contributed by atoms with E-state index in [0.717, 1.165) is 18.7 Å². The molecule has 1 aromatic carbocycles. The van der Waals surface area contributed by atoms with Gasteiger partial charge in [0, 0.05) is 19.1 Å². The molecule has 2 rings (SSSR count). The van der Waals surface area contributed by atoms with Gasteiger partial charge >= 0.3 is 0 Å². The average molecular weight is 283 g/mol. The van der Waals surface area contributed by atoms with Crippen molar-refractivity contribution in [3.8, 4) is 0 Å². The van der Waals surface area contributed by atoms with Crippen LogP contribution in [0.15, 0.2) is 29.2 Å². The molecular formula is C13H21N3O2S. The minimum absolute atomic E-state index is 0.202. The van der Waals surface area contributed by atoms with Crippen molar-refractivity contribution in [1.29, 1.82) is 0 Å². The van der Waals surface area contributed by atoms with Crippen LogP contribution < -0.4 is 15.4 Å². The van der Waals surface area contributed by atoms with Gasteiger partial charge in [-0.25, -0.2) is 13.1 Å². The van der Waals surface area contributed by atoms with Crippen LogP contribution in [-0.2, 0) is 10.0 Å². The summed E-state index contributed by atoms with van der Waals surface area (Å²) in [4.78, 5) is 2.44. The van der Waals surface area contributed by atoms with Gasteiger partial charge in [-0.1, -0.05) is 19.1 Å². The van der Waals surface area contributed by atoms with E-state index in [1.807, 2.05) is 12.1 Å². The molecule has 1 heterocycles. The molecule has 106 valence electrons. The number of benzene rings is 1. The molecule has 2 atom stereocenters. The molecule has 0 saturated carbocycles. The molecule has 19 heavy (non-hydrogen) atoms. The minimum Gasteiger partial charge on any atom is -0.366 e. The molecule has 3 N–H and O–H groups in total. The average Bonchev–Trinajstić information content (AvgIpc) is 2.79. The van der Waals surface area contributed by atoms with Crippen LogP contribution in [0.4, 0.5) is 5.69 Å². The lowest BCUT2D eigenvalue weighted by Gasteiger charge is -2.29. The Morgan fingerprint density at radius 1 is 1.42 bits per heavy atom. The molecule has 5 nitrogen and oxygen atoms in total. The van der Waals surface area contributed by atoms with Crippen LogP contribution in [0.5, 0.6) is 0 Å². The molecule has 1 fully saturated rings. The summed E-state index contributed by atoms with van der Waals surface area (Å²) in [6.45, 7) is 3.54. The standard InChI is InChI=1S/C13H21N3O2S/c1-10-7-8-16(12(10)9-14)11-5-3-4-6-13(11)19(17,18)15-2/h3-6,10,12,15H,7-9,14H2,1-2H3. The Morgan fingerprint density at radius 2 is 2.11 bits per heavy atom. The molecule has 1 saturated heterocycles. The predicted molar refractivity (Wildman–Crippen MR) is 76.7 cm³/mol. The van der Waals surface area contributed by atoms with Crippen molar-refractivity contribution in [2.75, 3.05) is 25.0 Å². The number of para-hydroxylation sites is 1. The lowest BCUT2D eigenvalue weighted by molar-refractivity contribution is 0.517. The second-order valence-electron chi connectivity index (χ2n) is 4.94. The summed E-state index contributed by atoms with van der Waals surface area (Å²) in [5, 5.41) is 0. The highest BCUT2D eigenvalue weighted by Gasteiger charge is 2.32. The highest BCUT2D eigenvalue weighted by atomic mass is 32.2. The summed E-state index contributed by atoms with van der Waals surface area (Å²) >= 11 is 0. The maximum absolute atomic E-state index is 12.1. The van der Waals surface area contributed by atoms with E-state index in [0.29, 0.717) is 17.4 Å². The van der Waals surface area contributed by atoms with Crippen molar-refractivity contribution in [2.45, 2.75) is 24.3 Å². The van der Waals surface area contributed by atoms with Gasteiger partial charge < -0.3 is 10.6 Å². The van der Waals surface area contributed by atoms with Crippen molar-refractivity contribution < 1.29 is 8.42 Å². The van der Waals surface area contributed by atoms with Crippen LogP contribution in [0.25, 0.3) is 0 Å². The summed E-state index contributed by atoms with van der Waals surface area (Å²) < 4.78 is 26.6. The van der Waals surface area contributed by atoms with E-state index in [2.05, 4.69) is 16.5 Å². The van der Waals surface area contributed by atoms with E-state index in [1.54, 1.807) is 12.1 Å². The van der Waals surface area contributed by atoms with E-state index in [1.165, 1.54) is 7.05 Å². The van der Waals surface area contributed by atoms with Crippen molar-refractivity contribution in [2.24, 2.45) is 11.7 Å². The summed E-state index contributed by atoms with van der Waals surface area (Å²) in [7, 11) is -2.02. The third-order valence-corrected chi connectivity index (χ3v) is 5.32. The first-order chi connectivity index (χ1) is 9.01. The van der Waals surface area contributed by atoms with Gasteiger partial charge in [-0.15, -0.1) is 0 Å². The lowest BCUT2D eigenvalue weighted by atomic mass is 10.0. The zero-order valence-corrected chi connectivity index (χ0v) is 12.2. The van der Waals surface area contributed by atoms with E-state index in [4.69, 9.17) is 5.73 Å². The molecule has 1 aromatic rings. The lowest BCUT2D eigenvalue weighted by Crippen LogP contribution is -2.39. The summed E-state index contributed by atoms with van der Waals surface area (Å²) in [5.41, 5.74) is 6.58. The van der Waals surface area contributed by atoms with Crippen LogP contribution in [0.2, 0.25) is 0 Å². The van der Waals surface area contributed by atoms with Crippen molar-refractivity contribution >= 4 is 15.7 Å². The molecule has 0 bridgehead atoms. The monoisotopic (exact) mass is 283 g/mol. The maximum atomic E-state index is 12.1. The Balaban J connectivity index is 2.46. The van der Waals surface area contributed by atoms with Crippen molar-refractivity contribution in [1.82, 2.24) is 4.72 Å². The van der Waals surface area contributed by atoms with Crippen LogP contribution in [0.1, 0.15) is 13.3 Å². The predicted octanol–water partition coefficient (Wildman–Crippen LogP) is 0.768.